The Balaban J connectivity index is 3.03. The van der Waals surface area contributed by atoms with E-state index < -0.39 is 0 Å². The van der Waals surface area contributed by atoms with E-state index in [1.165, 1.54) is 0 Å². The summed E-state index contributed by atoms with van der Waals surface area (Å²) in [6.07, 6.45) is 5.70. The third kappa shape index (κ3) is 1.94. The average molecular weight is 192 g/mol. The molecule has 0 aliphatic carbocycles. The topological polar surface area (TPSA) is 56.7 Å². The summed E-state index contributed by atoms with van der Waals surface area (Å²) in [4.78, 5) is 0. The molecule has 1 unspecified atom stereocenters. The molecule has 0 saturated heterocycles. The van der Waals surface area contributed by atoms with Crippen molar-refractivity contribution in [2.24, 2.45) is 5.73 Å². The largest absolute Gasteiger partial charge is 0.321 e. The van der Waals surface area contributed by atoms with Gasteiger partial charge in [-0.15, -0.1) is 22.5 Å². The van der Waals surface area contributed by atoms with Crippen LogP contribution in [-0.4, -0.2) is 14.8 Å². The normalized spacial score (nSPS) is 12.9. The fraction of sp³-hybridized carbons (Fsp3) is 0.600. The number of rotatable bonds is 3. The predicted octanol–water partition coefficient (Wildman–Crippen LogP) is 1.19. The van der Waals surface area contributed by atoms with Crippen LogP contribution in [0.25, 0.3) is 0 Å². The first-order valence-electron chi connectivity index (χ1n) is 4.68. The minimum atomic E-state index is -0.219. The fourth-order valence-electron chi connectivity index (χ4n) is 1.49. The van der Waals surface area contributed by atoms with Crippen LogP contribution in [-0.2, 0) is 0 Å². The van der Waals surface area contributed by atoms with Gasteiger partial charge in [-0.25, -0.2) is 0 Å². The molecule has 0 fully saturated rings. The summed E-state index contributed by atoms with van der Waals surface area (Å²) in [5.41, 5.74) is 5.89. The number of nitrogens with zero attached hydrogens (tertiary/aromatic N) is 3. The Morgan fingerprint density at radius 2 is 2.14 bits per heavy atom. The molecule has 0 amide bonds. The zero-order chi connectivity index (χ0) is 10.7. The van der Waals surface area contributed by atoms with Gasteiger partial charge in [0.2, 0.25) is 0 Å². The quantitative estimate of drug-likeness (QED) is 0.732. The van der Waals surface area contributed by atoms with Crippen LogP contribution in [0.1, 0.15) is 44.0 Å². The molecule has 1 aromatic heterocycles. The molecule has 1 atom stereocenters. The van der Waals surface area contributed by atoms with Crippen molar-refractivity contribution in [1.82, 2.24) is 14.8 Å². The van der Waals surface area contributed by atoms with Crippen LogP contribution in [0.2, 0.25) is 0 Å². The van der Waals surface area contributed by atoms with Crippen molar-refractivity contribution in [2.45, 2.75) is 39.3 Å². The highest BCUT2D eigenvalue weighted by Crippen LogP contribution is 2.17. The van der Waals surface area contributed by atoms with Gasteiger partial charge in [0.05, 0.1) is 6.04 Å². The zero-order valence-electron chi connectivity index (χ0n) is 8.86. The molecule has 0 radical (unpaired) electrons. The van der Waals surface area contributed by atoms with Crippen molar-refractivity contribution in [3.8, 4) is 12.3 Å². The molecule has 2 N–H and O–H groups in total. The van der Waals surface area contributed by atoms with Crippen LogP contribution in [0.15, 0.2) is 0 Å². The van der Waals surface area contributed by atoms with Gasteiger partial charge in [-0.3, -0.25) is 0 Å². The number of nitrogens with two attached hydrogens (primary N) is 1. The van der Waals surface area contributed by atoms with Gasteiger partial charge < -0.3 is 10.3 Å². The van der Waals surface area contributed by atoms with E-state index in [2.05, 4.69) is 30.0 Å². The first kappa shape index (κ1) is 10.7. The molecule has 0 spiro atoms. The lowest BCUT2D eigenvalue weighted by molar-refractivity contribution is 0.523. The van der Waals surface area contributed by atoms with Crippen LogP contribution in [0.3, 0.4) is 0 Å². The van der Waals surface area contributed by atoms with Crippen LogP contribution >= 0.6 is 0 Å². The van der Waals surface area contributed by atoms with Crippen molar-refractivity contribution < 1.29 is 0 Å². The summed E-state index contributed by atoms with van der Waals surface area (Å²) in [6, 6.07) is 0.0902. The van der Waals surface area contributed by atoms with E-state index in [0.29, 0.717) is 12.5 Å². The molecule has 1 heterocycles. The van der Waals surface area contributed by atoms with E-state index in [1.54, 1.807) is 0 Å². The van der Waals surface area contributed by atoms with Crippen molar-refractivity contribution in [3.05, 3.63) is 11.6 Å². The molecular formula is C10H16N4. The van der Waals surface area contributed by atoms with E-state index in [4.69, 9.17) is 12.2 Å². The highest BCUT2D eigenvalue weighted by atomic mass is 15.3. The van der Waals surface area contributed by atoms with Gasteiger partial charge in [0.1, 0.15) is 5.82 Å². The minimum absolute atomic E-state index is 0.219. The second kappa shape index (κ2) is 4.25. The standard InChI is InChI=1S/C10H16N4/c1-5-6-9(11)10-13-12-8(4)14(10)7(2)3/h1,7,9H,6,11H2,2-4H3. The van der Waals surface area contributed by atoms with E-state index in [1.807, 2.05) is 11.5 Å². The number of aryl methyl sites for hydroxylation is 1. The maximum atomic E-state index is 5.89. The van der Waals surface area contributed by atoms with Crippen molar-refractivity contribution >= 4 is 0 Å². The van der Waals surface area contributed by atoms with Gasteiger partial charge in [0.15, 0.2) is 5.82 Å². The molecular weight excluding hydrogens is 176 g/mol. The Morgan fingerprint density at radius 3 is 2.64 bits per heavy atom. The predicted molar refractivity (Wildman–Crippen MR) is 55.5 cm³/mol. The molecule has 4 heteroatoms. The second-order valence-corrected chi connectivity index (χ2v) is 3.58. The summed E-state index contributed by atoms with van der Waals surface area (Å²) in [7, 11) is 0. The molecule has 0 aliphatic heterocycles. The minimum Gasteiger partial charge on any atom is -0.321 e. The van der Waals surface area contributed by atoms with E-state index in [-0.39, 0.29) is 6.04 Å². The summed E-state index contributed by atoms with van der Waals surface area (Å²) in [5.74, 6) is 4.19. The van der Waals surface area contributed by atoms with Crippen molar-refractivity contribution in [3.63, 3.8) is 0 Å². The zero-order valence-corrected chi connectivity index (χ0v) is 8.86. The smallest absolute Gasteiger partial charge is 0.151 e. The van der Waals surface area contributed by atoms with Crippen molar-refractivity contribution in [1.29, 1.82) is 0 Å². The van der Waals surface area contributed by atoms with Gasteiger partial charge in [-0.05, 0) is 20.8 Å². The highest BCUT2D eigenvalue weighted by molar-refractivity contribution is 5.04. The Hall–Kier alpha value is -1.34. The van der Waals surface area contributed by atoms with E-state index >= 15 is 0 Å². The summed E-state index contributed by atoms with van der Waals surface area (Å²) < 4.78 is 2.02. The Bertz CT molecular complexity index is 345. The average Bonchev–Trinajstić information content (AvgIpc) is 2.47. The van der Waals surface area contributed by atoms with Crippen LogP contribution in [0, 0.1) is 19.3 Å². The summed E-state index contributed by atoms with van der Waals surface area (Å²) in [6.45, 7) is 6.06. The number of hydrogen-bond donors (Lipinski definition) is 1. The maximum absolute atomic E-state index is 5.89. The molecule has 76 valence electrons. The molecule has 0 aromatic carbocycles. The maximum Gasteiger partial charge on any atom is 0.151 e. The Labute approximate surface area is 84.5 Å². The molecule has 0 saturated carbocycles. The number of aromatic nitrogens is 3. The van der Waals surface area contributed by atoms with Crippen LogP contribution in [0.5, 0.6) is 0 Å². The number of hydrogen-bond acceptors (Lipinski definition) is 3. The molecule has 0 bridgehead atoms. The molecule has 4 nitrogen and oxygen atoms in total. The lowest BCUT2D eigenvalue weighted by Gasteiger charge is -2.15. The third-order valence-corrected chi connectivity index (χ3v) is 2.08. The summed E-state index contributed by atoms with van der Waals surface area (Å²) >= 11 is 0. The molecule has 1 aromatic rings. The van der Waals surface area contributed by atoms with Gasteiger partial charge in [0, 0.05) is 12.5 Å². The van der Waals surface area contributed by atoms with Crippen LogP contribution < -0.4 is 5.73 Å². The second-order valence-electron chi connectivity index (χ2n) is 3.58. The Kier molecular flexibility index (Phi) is 3.26. The third-order valence-electron chi connectivity index (χ3n) is 2.08. The molecule has 0 aliphatic rings. The van der Waals surface area contributed by atoms with Crippen molar-refractivity contribution in [2.75, 3.05) is 0 Å². The van der Waals surface area contributed by atoms with E-state index in [9.17, 15) is 0 Å². The highest BCUT2D eigenvalue weighted by Gasteiger charge is 2.16. The van der Waals surface area contributed by atoms with Gasteiger partial charge in [-0.1, -0.05) is 0 Å². The molecule has 14 heavy (non-hydrogen) atoms. The first-order valence-corrected chi connectivity index (χ1v) is 4.68. The van der Waals surface area contributed by atoms with E-state index in [0.717, 1.165) is 11.6 Å². The van der Waals surface area contributed by atoms with Crippen LogP contribution in [0.4, 0.5) is 0 Å². The van der Waals surface area contributed by atoms with Gasteiger partial charge in [-0.2, -0.15) is 0 Å². The Morgan fingerprint density at radius 1 is 1.50 bits per heavy atom. The van der Waals surface area contributed by atoms with Gasteiger partial charge >= 0.3 is 0 Å². The SMILES string of the molecule is C#CCC(N)c1nnc(C)n1C(C)C. The lowest BCUT2D eigenvalue weighted by Crippen LogP contribution is -2.18. The molecule has 1 rings (SSSR count). The first-order chi connectivity index (χ1) is 6.57. The summed E-state index contributed by atoms with van der Waals surface area (Å²) in [5, 5.41) is 8.05. The van der Waals surface area contributed by atoms with Gasteiger partial charge in [0.25, 0.3) is 0 Å². The lowest BCUT2D eigenvalue weighted by atomic mass is 10.2. The monoisotopic (exact) mass is 192 g/mol. The fourth-order valence-corrected chi connectivity index (χ4v) is 1.49. The number of terminal acetylenes is 1.